The molecule has 0 amide bonds. The zero-order valence-electron chi connectivity index (χ0n) is 10.2. The number of rotatable bonds is 5. The molecule has 1 aliphatic carbocycles. The molecule has 2 unspecified atom stereocenters. The van der Waals surface area contributed by atoms with E-state index < -0.39 is 0 Å². The van der Waals surface area contributed by atoms with Crippen molar-refractivity contribution in [3.63, 3.8) is 0 Å². The van der Waals surface area contributed by atoms with E-state index in [-0.39, 0.29) is 0 Å². The Hall–Kier alpha value is -0.940. The molecular weight excluding hydrogens is 216 g/mol. The molecule has 3 heteroatoms. The number of aliphatic imine (C=N–C) groups is 1. The van der Waals surface area contributed by atoms with Crippen LogP contribution in [-0.2, 0) is 0 Å². The fraction of sp³-hybridized carbons (Fsp3) is 0.615. The highest BCUT2D eigenvalue weighted by Gasteiger charge is 2.16. The molecule has 0 saturated heterocycles. The van der Waals surface area contributed by atoms with Gasteiger partial charge in [0.25, 0.3) is 0 Å². The highest BCUT2D eigenvalue weighted by molar-refractivity contribution is 7.78. The standard InChI is InChI=1S/C13H18N2S/c1-11-8-12(9-15(2)3)4-5-13(11)6-7-14-10-16/h8,11,13H,6-7,9H2,1-3H3. The molecule has 1 aliphatic rings. The van der Waals surface area contributed by atoms with E-state index in [9.17, 15) is 0 Å². The lowest BCUT2D eigenvalue weighted by Crippen LogP contribution is -2.19. The van der Waals surface area contributed by atoms with Crippen LogP contribution < -0.4 is 0 Å². The smallest absolute Gasteiger partial charge is 0.0584 e. The van der Waals surface area contributed by atoms with Crippen molar-refractivity contribution < 1.29 is 0 Å². The van der Waals surface area contributed by atoms with E-state index in [0.717, 1.165) is 19.5 Å². The number of thiocarbonyl (C=S) groups is 1. The number of hydrogen-bond donors (Lipinski definition) is 0. The van der Waals surface area contributed by atoms with Crippen LogP contribution in [0.4, 0.5) is 0 Å². The van der Waals surface area contributed by atoms with Gasteiger partial charge in [0, 0.05) is 18.0 Å². The van der Waals surface area contributed by atoms with Gasteiger partial charge in [-0.2, -0.15) is 0 Å². The maximum absolute atomic E-state index is 4.54. The third kappa shape index (κ3) is 4.28. The topological polar surface area (TPSA) is 15.6 Å². The number of hydrogen-bond acceptors (Lipinski definition) is 3. The maximum Gasteiger partial charge on any atom is 0.0584 e. The van der Waals surface area contributed by atoms with E-state index in [1.807, 2.05) is 0 Å². The van der Waals surface area contributed by atoms with E-state index in [2.05, 4.69) is 66.2 Å². The van der Waals surface area contributed by atoms with Crippen LogP contribution in [0.2, 0.25) is 0 Å². The third-order valence-corrected chi connectivity index (χ3v) is 2.75. The molecule has 86 valence electrons. The molecule has 0 heterocycles. The Balaban J connectivity index is 2.53. The minimum Gasteiger partial charge on any atom is -0.305 e. The molecule has 2 atom stereocenters. The van der Waals surface area contributed by atoms with Crippen molar-refractivity contribution >= 4 is 17.4 Å². The van der Waals surface area contributed by atoms with Crippen molar-refractivity contribution in [3.05, 3.63) is 11.6 Å². The predicted molar refractivity (Wildman–Crippen MR) is 71.6 cm³/mol. The minimum absolute atomic E-state index is 0.415. The summed E-state index contributed by atoms with van der Waals surface area (Å²) in [5.41, 5.74) is 1.23. The van der Waals surface area contributed by atoms with Crippen molar-refractivity contribution in [2.45, 2.75) is 13.3 Å². The van der Waals surface area contributed by atoms with E-state index in [4.69, 9.17) is 0 Å². The second kappa shape index (κ2) is 6.60. The Labute approximate surface area is 103 Å². The first-order valence-electron chi connectivity index (χ1n) is 5.54. The summed E-state index contributed by atoms with van der Waals surface area (Å²) in [6, 6.07) is 0. The molecule has 0 N–H and O–H groups in total. The van der Waals surface area contributed by atoms with Crippen LogP contribution in [0.3, 0.4) is 0 Å². The van der Waals surface area contributed by atoms with Gasteiger partial charge < -0.3 is 4.90 Å². The summed E-state index contributed by atoms with van der Waals surface area (Å²) >= 11 is 4.54. The molecule has 16 heavy (non-hydrogen) atoms. The maximum atomic E-state index is 4.54. The summed E-state index contributed by atoms with van der Waals surface area (Å²) < 4.78 is 0. The Morgan fingerprint density at radius 3 is 2.88 bits per heavy atom. The van der Waals surface area contributed by atoms with Crippen molar-refractivity contribution in [3.8, 4) is 11.8 Å². The second-order valence-corrected chi connectivity index (χ2v) is 4.61. The van der Waals surface area contributed by atoms with Gasteiger partial charge in [0.1, 0.15) is 0 Å². The number of nitrogens with zero attached hydrogens (tertiary/aromatic N) is 2. The molecular formula is C13H18N2S. The monoisotopic (exact) mass is 234 g/mol. The average Bonchev–Trinajstić information content (AvgIpc) is 2.20. The van der Waals surface area contributed by atoms with Crippen LogP contribution in [0.1, 0.15) is 13.3 Å². The summed E-state index contributed by atoms with van der Waals surface area (Å²) in [4.78, 5) is 6.08. The van der Waals surface area contributed by atoms with Crippen molar-refractivity contribution in [1.29, 1.82) is 0 Å². The van der Waals surface area contributed by atoms with E-state index in [1.54, 1.807) is 0 Å². The van der Waals surface area contributed by atoms with E-state index >= 15 is 0 Å². The lowest BCUT2D eigenvalue weighted by atomic mass is 9.86. The Bertz CT molecular complexity index is 367. The number of likely N-dealkylation sites (N-methyl/N-ethyl adjacent to an activating group) is 1. The van der Waals surface area contributed by atoms with Crippen LogP contribution in [0, 0.1) is 23.7 Å². The lowest BCUT2D eigenvalue weighted by molar-refractivity contribution is 0.440. The molecule has 0 aromatic rings. The van der Waals surface area contributed by atoms with Gasteiger partial charge in [-0.05, 0) is 38.7 Å². The lowest BCUT2D eigenvalue weighted by Gasteiger charge is -2.20. The molecule has 0 fully saturated rings. The molecule has 0 spiro atoms. The zero-order chi connectivity index (χ0) is 12.0. The molecule has 0 aromatic carbocycles. The van der Waals surface area contributed by atoms with E-state index in [1.165, 1.54) is 5.57 Å². The summed E-state index contributed by atoms with van der Waals surface area (Å²) in [6.07, 6.45) is 3.26. The molecule has 1 rings (SSSR count). The van der Waals surface area contributed by atoms with Gasteiger partial charge in [-0.25, -0.2) is 4.99 Å². The van der Waals surface area contributed by atoms with E-state index in [0.29, 0.717) is 11.8 Å². The van der Waals surface area contributed by atoms with Crippen molar-refractivity contribution in [2.75, 3.05) is 27.2 Å². The van der Waals surface area contributed by atoms with Crippen LogP contribution in [0.5, 0.6) is 0 Å². The Morgan fingerprint density at radius 2 is 2.31 bits per heavy atom. The van der Waals surface area contributed by atoms with Crippen LogP contribution >= 0.6 is 12.2 Å². The summed E-state index contributed by atoms with van der Waals surface area (Å²) in [6.45, 7) is 3.89. The first-order chi connectivity index (χ1) is 7.63. The van der Waals surface area contributed by atoms with Crippen molar-refractivity contribution in [1.82, 2.24) is 4.90 Å². The van der Waals surface area contributed by atoms with Gasteiger partial charge in [0.2, 0.25) is 0 Å². The predicted octanol–water partition coefficient (Wildman–Crippen LogP) is 2.24. The van der Waals surface area contributed by atoms with Gasteiger partial charge in [-0.1, -0.05) is 24.8 Å². The zero-order valence-corrected chi connectivity index (χ0v) is 11.0. The highest BCUT2D eigenvalue weighted by Crippen LogP contribution is 2.21. The largest absolute Gasteiger partial charge is 0.305 e. The fourth-order valence-corrected chi connectivity index (χ4v) is 1.90. The van der Waals surface area contributed by atoms with Gasteiger partial charge in [0.15, 0.2) is 0 Å². The molecule has 0 aromatic heterocycles. The van der Waals surface area contributed by atoms with Gasteiger partial charge >= 0.3 is 0 Å². The molecule has 0 saturated carbocycles. The van der Waals surface area contributed by atoms with Crippen LogP contribution in [0.15, 0.2) is 16.6 Å². The summed E-state index contributed by atoms with van der Waals surface area (Å²) in [7, 11) is 4.13. The van der Waals surface area contributed by atoms with Gasteiger partial charge in [-0.15, -0.1) is 0 Å². The van der Waals surface area contributed by atoms with Crippen molar-refractivity contribution in [2.24, 2.45) is 16.8 Å². The van der Waals surface area contributed by atoms with Crippen LogP contribution in [-0.4, -0.2) is 37.2 Å². The molecule has 2 nitrogen and oxygen atoms in total. The highest BCUT2D eigenvalue weighted by atomic mass is 32.1. The fourth-order valence-electron chi connectivity index (χ4n) is 1.81. The normalized spacial score (nSPS) is 23.1. The second-order valence-electron chi connectivity index (χ2n) is 4.43. The summed E-state index contributed by atoms with van der Waals surface area (Å²) in [5, 5.41) is 2.40. The quantitative estimate of drug-likeness (QED) is 0.412. The summed E-state index contributed by atoms with van der Waals surface area (Å²) in [5.74, 6) is 7.48. The molecule has 0 aliphatic heterocycles. The Kier molecular flexibility index (Phi) is 5.42. The number of isothiocyanates is 1. The van der Waals surface area contributed by atoms with Crippen LogP contribution in [0.25, 0.3) is 0 Å². The number of allylic oxidation sites excluding steroid dienone is 1. The molecule has 0 bridgehead atoms. The average molecular weight is 234 g/mol. The minimum atomic E-state index is 0.415. The van der Waals surface area contributed by atoms with Gasteiger partial charge in [0.05, 0.1) is 11.7 Å². The third-order valence-electron chi connectivity index (χ3n) is 2.62. The Morgan fingerprint density at radius 1 is 1.56 bits per heavy atom. The molecule has 0 radical (unpaired) electrons. The SMILES string of the molecule is CC1C=C(CN(C)C)C#CC1CCN=C=S. The first kappa shape index (κ1) is 13.1. The van der Waals surface area contributed by atoms with Gasteiger partial charge in [-0.3, -0.25) is 0 Å². The first-order valence-corrected chi connectivity index (χ1v) is 5.95.